The first kappa shape index (κ1) is 11.0. The van der Waals surface area contributed by atoms with Crippen LogP contribution >= 0.6 is 0 Å². The lowest BCUT2D eigenvalue weighted by Gasteiger charge is -2.24. The second-order valence-corrected chi connectivity index (χ2v) is 7.40. The van der Waals surface area contributed by atoms with Gasteiger partial charge in [-0.25, -0.2) is 0 Å². The Labute approximate surface area is 82.2 Å². The number of hydrogen-bond donors (Lipinski definition) is 0. The van der Waals surface area contributed by atoms with Crippen LogP contribution in [-0.2, 0) is 8.85 Å². The van der Waals surface area contributed by atoms with Gasteiger partial charge in [-0.15, -0.1) is 0 Å². The van der Waals surface area contributed by atoms with Crippen LogP contribution in [0.4, 0.5) is 0 Å². The van der Waals surface area contributed by atoms with Crippen molar-refractivity contribution < 1.29 is 8.85 Å². The summed E-state index contributed by atoms with van der Waals surface area (Å²) in [4.78, 5) is 0. The molecule has 13 heavy (non-hydrogen) atoms. The van der Waals surface area contributed by atoms with Crippen molar-refractivity contribution in [1.29, 1.82) is 0 Å². The average molecular weight is 200 g/mol. The maximum Gasteiger partial charge on any atom is 0.341 e. The fraction of sp³-hybridized carbons (Fsp3) is 0.800. The molecule has 0 aromatic rings. The molecule has 0 spiro atoms. The summed E-state index contributed by atoms with van der Waals surface area (Å²) >= 11 is 0. The molecule has 3 heteroatoms. The summed E-state index contributed by atoms with van der Waals surface area (Å²) in [6.45, 7) is 2.14. The molecule has 0 radical (unpaired) electrons. The third-order valence-corrected chi connectivity index (χ3v) is 6.16. The highest BCUT2D eigenvalue weighted by molar-refractivity contribution is 6.67. The standard InChI is InChI=1S/C10H20O2Si/c1-4-13(11-2,12-3)9-5-6-10-7-8-10/h5-6,10H,4,7-9H2,1-3H3. The van der Waals surface area contributed by atoms with Gasteiger partial charge < -0.3 is 8.85 Å². The van der Waals surface area contributed by atoms with Gasteiger partial charge in [0.1, 0.15) is 0 Å². The Kier molecular flexibility index (Phi) is 4.16. The van der Waals surface area contributed by atoms with Crippen molar-refractivity contribution >= 4 is 8.56 Å². The van der Waals surface area contributed by atoms with Crippen LogP contribution in [0.3, 0.4) is 0 Å². The summed E-state index contributed by atoms with van der Waals surface area (Å²) in [7, 11) is 1.69. The van der Waals surface area contributed by atoms with Crippen molar-refractivity contribution in [2.24, 2.45) is 5.92 Å². The van der Waals surface area contributed by atoms with Crippen LogP contribution in [-0.4, -0.2) is 22.8 Å². The molecular formula is C10H20O2Si. The molecule has 1 aliphatic rings. The minimum atomic E-state index is -1.84. The molecular weight excluding hydrogens is 180 g/mol. The van der Waals surface area contributed by atoms with E-state index < -0.39 is 8.56 Å². The zero-order valence-corrected chi connectivity index (χ0v) is 9.88. The lowest BCUT2D eigenvalue weighted by Crippen LogP contribution is -2.38. The van der Waals surface area contributed by atoms with Crippen LogP contribution < -0.4 is 0 Å². The highest BCUT2D eigenvalue weighted by atomic mass is 28.4. The molecule has 0 amide bonds. The van der Waals surface area contributed by atoms with E-state index in [1.807, 2.05) is 0 Å². The first-order chi connectivity index (χ1) is 6.26. The number of rotatable bonds is 6. The number of allylic oxidation sites excluding steroid dienone is 2. The molecule has 0 saturated heterocycles. The van der Waals surface area contributed by atoms with E-state index in [4.69, 9.17) is 8.85 Å². The summed E-state index contributed by atoms with van der Waals surface area (Å²) < 4.78 is 11.0. The maximum atomic E-state index is 5.50. The van der Waals surface area contributed by atoms with Crippen molar-refractivity contribution in [3.8, 4) is 0 Å². The van der Waals surface area contributed by atoms with Crippen LogP contribution in [0, 0.1) is 5.92 Å². The van der Waals surface area contributed by atoms with Gasteiger partial charge >= 0.3 is 8.56 Å². The van der Waals surface area contributed by atoms with E-state index in [0.29, 0.717) is 0 Å². The Morgan fingerprint density at radius 3 is 2.31 bits per heavy atom. The zero-order chi connectivity index (χ0) is 9.73. The van der Waals surface area contributed by atoms with Crippen molar-refractivity contribution in [2.75, 3.05) is 14.2 Å². The quantitative estimate of drug-likeness (QED) is 0.485. The van der Waals surface area contributed by atoms with Crippen LogP contribution in [0.15, 0.2) is 12.2 Å². The summed E-state index contributed by atoms with van der Waals surface area (Å²) in [6, 6.07) is 2.02. The second kappa shape index (κ2) is 4.93. The molecule has 1 fully saturated rings. The van der Waals surface area contributed by atoms with Gasteiger partial charge in [0.25, 0.3) is 0 Å². The average Bonchev–Trinajstić information content (AvgIpc) is 2.97. The Morgan fingerprint density at radius 2 is 1.92 bits per heavy atom. The first-order valence-corrected chi connectivity index (χ1v) is 7.26. The highest BCUT2D eigenvalue weighted by Gasteiger charge is 2.31. The van der Waals surface area contributed by atoms with Crippen LogP contribution in [0.2, 0.25) is 12.1 Å². The maximum absolute atomic E-state index is 5.50. The van der Waals surface area contributed by atoms with Crippen molar-refractivity contribution in [3.63, 3.8) is 0 Å². The third kappa shape index (κ3) is 3.25. The molecule has 0 bridgehead atoms. The summed E-state index contributed by atoms with van der Waals surface area (Å²) in [5.74, 6) is 0.859. The van der Waals surface area contributed by atoms with E-state index in [1.54, 1.807) is 14.2 Å². The van der Waals surface area contributed by atoms with E-state index in [-0.39, 0.29) is 0 Å². The molecule has 2 nitrogen and oxygen atoms in total. The third-order valence-electron chi connectivity index (χ3n) is 2.74. The van der Waals surface area contributed by atoms with E-state index >= 15 is 0 Å². The van der Waals surface area contributed by atoms with Gasteiger partial charge in [-0.1, -0.05) is 19.1 Å². The molecule has 0 aromatic carbocycles. The Morgan fingerprint density at radius 1 is 1.31 bits per heavy atom. The Hall–Kier alpha value is -0.123. The number of hydrogen-bond acceptors (Lipinski definition) is 2. The SMILES string of the molecule is CC[Si](CC=CC1CC1)(OC)OC. The van der Waals surface area contributed by atoms with E-state index in [1.165, 1.54) is 12.8 Å². The predicted octanol–water partition coefficient (Wildman–Crippen LogP) is 2.71. The molecule has 0 N–H and O–H groups in total. The fourth-order valence-corrected chi connectivity index (χ4v) is 3.27. The highest BCUT2D eigenvalue weighted by Crippen LogP contribution is 2.30. The summed E-state index contributed by atoms with van der Waals surface area (Å²) in [6.07, 6.45) is 7.31. The fourth-order valence-electron chi connectivity index (χ4n) is 1.41. The second-order valence-electron chi connectivity index (χ2n) is 3.64. The Balaban J connectivity index is 2.35. The topological polar surface area (TPSA) is 18.5 Å². The van der Waals surface area contributed by atoms with Crippen LogP contribution in [0.25, 0.3) is 0 Å². The van der Waals surface area contributed by atoms with Crippen molar-refractivity contribution in [1.82, 2.24) is 0 Å². The predicted molar refractivity (Wildman–Crippen MR) is 56.9 cm³/mol. The summed E-state index contributed by atoms with van der Waals surface area (Å²) in [5.41, 5.74) is 0. The molecule has 0 aliphatic heterocycles. The van der Waals surface area contributed by atoms with Crippen molar-refractivity contribution in [3.05, 3.63) is 12.2 Å². The zero-order valence-electron chi connectivity index (χ0n) is 8.88. The van der Waals surface area contributed by atoms with E-state index in [2.05, 4.69) is 19.1 Å². The van der Waals surface area contributed by atoms with Crippen molar-refractivity contribution in [2.45, 2.75) is 31.9 Å². The van der Waals surface area contributed by atoms with Gasteiger partial charge in [-0.3, -0.25) is 0 Å². The lowest BCUT2D eigenvalue weighted by atomic mass is 10.4. The molecule has 0 heterocycles. The van der Waals surface area contributed by atoms with E-state index in [0.717, 1.165) is 18.0 Å². The molecule has 1 aliphatic carbocycles. The smallest absolute Gasteiger partial charge is 0.341 e. The molecule has 1 rings (SSSR count). The van der Waals surface area contributed by atoms with Gasteiger partial charge in [0.2, 0.25) is 0 Å². The van der Waals surface area contributed by atoms with Gasteiger partial charge in [0.05, 0.1) is 0 Å². The summed E-state index contributed by atoms with van der Waals surface area (Å²) in [5, 5.41) is 0. The minimum absolute atomic E-state index is 0.859. The molecule has 0 atom stereocenters. The largest absolute Gasteiger partial charge is 0.397 e. The monoisotopic (exact) mass is 200 g/mol. The van der Waals surface area contributed by atoms with Gasteiger partial charge in [0, 0.05) is 20.3 Å². The molecule has 76 valence electrons. The van der Waals surface area contributed by atoms with Crippen LogP contribution in [0.5, 0.6) is 0 Å². The molecule has 0 unspecified atom stereocenters. The molecule has 0 aromatic heterocycles. The minimum Gasteiger partial charge on any atom is -0.397 e. The van der Waals surface area contributed by atoms with Gasteiger partial charge in [0.15, 0.2) is 0 Å². The normalized spacial score (nSPS) is 18.4. The first-order valence-electron chi connectivity index (χ1n) is 5.03. The molecule has 1 saturated carbocycles. The Bertz CT molecular complexity index is 163. The lowest BCUT2D eigenvalue weighted by molar-refractivity contribution is 0.246. The van der Waals surface area contributed by atoms with E-state index in [9.17, 15) is 0 Å². The van der Waals surface area contributed by atoms with Gasteiger partial charge in [-0.2, -0.15) is 0 Å². The van der Waals surface area contributed by atoms with Gasteiger partial charge in [-0.05, 0) is 24.8 Å². The van der Waals surface area contributed by atoms with Crippen LogP contribution in [0.1, 0.15) is 19.8 Å².